The molecule has 0 saturated heterocycles. The van der Waals surface area contributed by atoms with Crippen molar-refractivity contribution < 1.29 is 19.1 Å². The summed E-state index contributed by atoms with van der Waals surface area (Å²) in [6.45, 7) is 4.12. The molecule has 5 nitrogen and oxygen atoms in total. The van der Waals surface area contributed by atoms with Gasteiger partial charge in [-0.25, -0.2) is 9.59 Å². The van der Waals surface area contributed by atoms with Gasteiger partial charge in [0.15, 0.2) is 0 Å². The minimum atomic E-state index is -0.432. The quantitative estimate of drug-likeness (QED) is 0.588. The van der Waals surface area contributed by atoms with E-state index in [9.17, 15) is 9.59 Å². The summed E-state index contributed by atoms with van der Waals surface area (Å²) in [5.74, 6) is -0.852. The maximum Gasteiger partial charge on any atom is 0.330 e. The van der Waals surface area contributed by atoms with Gasteiger partial charge in [-0.05, 0) is 32.1 Å². The van der Waals surface area contributed by atoms with E-state index in [4.69, 9.17) is 9.47 Å². The third kappa shape index (κ3) is 5.48. The molecular weight excluding hydrogens is 258 g/mol. The number of ether oxygens (including phenoxy) is 2. The predicted molar refractivity (Wildman–Crippen MR) is 75.6 cm³/mol. The zero-order chi connectivity index (χ0) is 14.8. The molecule has 0 unspecified atom stereocenters. The van der Waals surface area contributed by atoms with E-state index in [-0.39, 0.29) is 0 Å². The van der Waals surface area contributed by atoms with Crippen LogP contribution >= 0.6 is 0 Å². The van der Waals surface area contributed by atoms with Crippen molar-refractivity contribution in [2.75, 3.05) is 13.2 Å². The van der Waals surface area contributed by atoms with Crippen LogP contribution in [0.25, 0.3) is 12.2 Å². The molecule has 0 atom stereocenters. The van der Waals surface area contributed by atoms with Crippen LogP contribution in [0.1, 0.15) is 25.1 Å². The van der Waals surface area contributed by atoms with Gasteiger partial charge in [0.2, 0.25) is 0 Å². The van der Waals surface area contributed by atoms with Crippen LogP contribution in [-0.4, -0.2) is 30.1 Å². The monoisotopic (exact) mass is 275 g/mol. The first-order chi connectivity index (χ1) is 9.67. The van der Waals surface area contributed by atoms with Gasteiger partial charge in [-0.2, -0.15) is 0 Å². The second-order valence-electron chi connectivity index (χ2n) is 3.65. The standard InChI is InChI=1S/C15H17NO4/c1-3-19-14(17)9-7-12-6-5-11-16-13(12)8-10-15(18)20-4-2/h5-11H,3-4H2,1-2H3/b9-7+,10-8+. The molecule has 0 spiro atoms. The minimum Gasteiger partial charge on any atom is -0.463 e. The Morgan fingerprint density at radius 3 is 2.30 bits per heavy atom. The topological polar surface area (TPSA) is 65.5 Å². The van der Waals surface area contributed by atoms with Crippen molar-refractivity contribution in [3.05, 3.63) is 41.7 Å². The first-order valence-electron chi connectivity index (χ1n) is 6.32. The summed E-state index contributed by atoms with van der Waals surface area (Å²) in [5, 5.41) is 0. The third-order valence-corrected chi connectivity index (χ3v) is 2.22. The Kier molecular flexibility index (Phi) is 6.75. The van der Waals surface area contributed by atoms with Gasteiger partial charge in [0.1, 0.15) is 0 Å². The fraction of sp³-hybridized carbons (Fsp3) is 0.267. The first kappa shape index (κ1) is 15.6. The van der Waals surface area contributed by atoms with Crippen LogP contribution in [0.15, 0.2) is 30.5 Å². The third-order valence-electron chi connectivity index (χ3n) is 2.22. The van der Waals surface area contributed by atoms with E-state index >= 15 is 0 Å². The second-order valence-corrected chi connectivity index (χ2v) is 3.65. The van der Waals surface area contributed by atoms with E-state index in [1.165, 1.54) is 12.2 Å². The van der Waals surface area contributed by atoms with Crippen molar-refractivity contribution in [3.8, 4) is 0 Å². The zero-order valence-corrected chi connectivity index (χ0v) is 11.5. The highest BCUT2D eigenvalue weighted by atomic mass is 16.5. The highest BCUT2D eigenvalue weighted by Gasteiger charge is 2.00. The number of esters is 2. The molecule has 20 heavy (non-hydrogen) atoms. The summed E-state index contributed by atoms with van der Waals surface area (Å²) in [6.07, 6.45) is 7.36. The minimum absolute atomic E-state index is 0.320. The van der Waals surface area contributed by atoms with E-state index in [1.807, 2.05) is 0 Å². The van der Waals surface area contributed by atoms with Gasteiger partial charge < -0.3 is 9.47 Å². The van der Waals surface area contributed by atoms with Crippen molar-refractivity contribution >= 4 is 24.1 Å². The van der Waals surface area contributed by atoms with Crippen LogP contribution in [-0.2, 0) is 19.1 Å². The summed E-state index contributed by atoms with van der Waals surface area (Å²) in [4.78, 5) is 26.6. The van der Waals surface area contributed by atoms with Crippen LogP contribution in [0, 0.1) is 0 Å². The average Bonchev–Trinajstić information content (AvgIpc) is 2.44. The number of carbonyl (C=O) groups is 2. The highest BCUT2D eigenvalue weighted by molar-refractivity contribution is 5.89. The maximum absolute atomic E-state index is 11.3. The predicted octanol–water partition coefficient (Wildman–Crippen LogP) is 2.23. The Morgan fingerprint density at radius 2 is 1.70 bits per heavy atom. The first-order valence-corrected chi connectivity index (χ1v) is 6.32. The van der Waals surface area contributed by atoms with Crippen LogP contribution in [0.3, 0.4) is 0 Å². The molecule has 0 aliphatic heterocycles. The summed E-state index contributed by atoms with van der Waals surface area (Å²) < 4.78 is 9.58. The van der Waals surface area contributed by atoms with E-state index in [0.717, 1.165) is 0 Å². The molecule has 0 fully saturated rings. The molecule has 0 radical (unpaired) electrons. The number of aromatic nitrogens is 1. The van der Waals surface area contributed by atoms with Crippen molar-refractivity contribution in [2.45, 2.75) is 13.8 Å². The molecule has 0 aliphatic carbocycles. The number of hydrogen-bond donors (Lipinski definition) is 0. The number of pyridine rings is 1. The normalized spacial score (nSPS) is 10.9. The van der Waals surface area contributed by atoms with Crippen LogP contribution in [0.5, 0.6) is 0 Å². The SMILES string of the molecule is CCOC(=O)/C=C/c1cccnc1/C=C/C(=O)OCC. The second kappa shape index (κ2) is 8.63. The Bertz CT molecular complexity index is 473. The molecule has 0 aliphatic rings. The van der Waals surface area contributed by atoms with Gasteiger partial charge in [-0.1, -0.05) is 6.07 Å². The molecule has 1 heterocycles. The van der Waals surface area contributed by atoms with Crippen LogP contribution < -0.4 is 0 Å². The van der Waals surface area contributed by atoms with Crippen LogP contribution in [0.2, 0.25) is 0 Å². The largest absolute Gasteiger partial charge is 0.463 e. The molecule has 1 aromatic rings. The van der Waals surface area contributed by atoms with Gasteiger partial charge in [0, 0.05) is 23.9 Å². The Balaban J connectivity index is 2.83. The summed E-state index contributed by atoms with van der Waals surface area (Å²) >= 11 is 0. The molecule has 0 bridgehead atoms. The fourth-order valence-corrected chi connectivity index (χ4v) is 1.40. The Hall–Kier alpha value is -2.43. The lowest BCUT2D eigenvalue weighted by atomic mass is 10.1. The van der Waals surface area contributed by atoms with Gasteiger partial charge in [0.25, 0.3) is 0 Å². The highest BCUT2D eigenvalue weighted by Crippen LogP contribution is 2.10. The number of rotatable bonds is 6. The van der Waals surface area contributed by atoms with Gasteiger partial charge in [-0.15, -0.1) is 0 Å². The van der Waals surface area contributed by atoms with E-state index in [0.29, 0.717) is 24.5 Å². The van der Waals surface area contributed by atoms with Gasteiger partial charge >= 0.3 is 11.9 Å². The molecule has 1 aromatic heterocycles. The molecule has 0 aromatic carbocycles. The maximum atomic E-state index is 11.3. The van der Waals surface area contributed by atoms with Crippen LogP contribution in [0.4, 0.5) is 0 Å². The van der Waals surface area contributed by atoms with E-state index in [1.54, 1.807) is 44.3 Å². The van der Waals surface area contributed by atoms with E-state index in [2.05, 4.69) is 4.98 Å². The molecular formula is C15H17NO4. The van der Waals surface area contributed by atoms with Gasteiger partial charge in [0.05, 0.1) is 18.9 Å². The summed E-state index contributed by atoms with van der Waals surface area (Å²) in [7, 11) is 0. The Labute approximate surface area is 117 Å². The summed E-state index contributed by atoms with van der Waals surface area (Å²) in [5.41, 5.74) is 1.28. The van der Waals surface area contributed by atoms with Gasteiger partial charge in [-0.3, -0.25) is 4.98 Å². The van der Waals surface area contributed by atoms with E-state index < -0.39 is 11.9 Å². The lowest BCUT2D eigenvalue weighted by Crippen LogP contribution is -2.00. The molecule has 0 amide bonds. The van der Waals surface area contributed by atoms with Crippen molar-refractivity contribution in [1.29, 1.82) is 0 Å². The molecule has 106 valence electrons. The van der Waals surface area contributed by atoms with Crippen molar-refractivity contribution in [1.82, 2.24) is 4.98 Å². The number of hydrogen-bond acceptors (Lipinski definition) is 5. The van der Waals surface area contributed by atoms with Crippen molar-refractivity contribution in [3.63, 3.8) is 0 Å². The molecule has 0 saturated carbocycles. The number of carbonyl (C=O) groups excluding carboxylic acids is 2. The lowest BCUT2D eigenvalue weighted by Gasteiger charge is -2.00. The Morgan fingerprint density at radius 1 is 1.10 bits per heavy atom. The molecule has 0 N–H and O–H groups in total. The zero-order valence-electron chi connectivity index (χ0n) is 11.5. The average molecular weight is 275 g/mol. The fourth-order valence-electron chi connectivity index (χ4n) is 1.40. The molecule has 5 heteroatoms. The smallest absolute Gasteiger partial charge is 0.330 e. The summed E-state index contributed by atoms with van der Waals surface area (Å²) in [6, 6.07) is 3.53. The van der Waals surface area contributed by atoms with Crippen molar-refractivity contribution in [2.24, 2.45) is 0 Å². The number of nitrogens with zero attached hydrogens (tertiary/aromatic N) is 1. The lowest BCUT2D eigenvalue weighted by molar-refractivity contribution is -0.138. The molecule has 1 rings (SSSR count).